The van der Waals surface area contributed by atoms with E-state index < -0.39 is 0 Å². The smallest absolute Gasteiger partial charge is 0.157 e. The van der Waals surface area contributed by atoms with Crippen LogP contribution >= 0.6 is 15.9 Å². The van der Waals surface area contributed by atoms with E-state index in [4.69, 9.17) is 0 Å². The molecule has 0 amide bonds. The highest BCUT2D eigenvalue weighted by molar-refractivity contribution is 9.10. The van der Waals surface area contributed by atoms with Gasteiger partial charge in [-0.1, -0.05) is 0 Å². The summed E-state index contributed by atoms with van der Waals surface area (Å²) in [6.07, 6.45) is 1.81. The number of fused-ring (bicyclic) bond motifs is 1. The molecule has 6 heteroatoms. The third kappa shape index (κ3) is 2.76. The van der Waals surface area contributed by atoms with E-state index in [1.54, 1.807) is 10.7 Å². The molecule has 21 heavy (non-hydrogen) atoms. The first-order valence-electron chi connectivity index (χ1n) is 6.52. The molecule has 1 N–H and O–H groups in total. The van der Waals surface area contributed by atoms with Crippen molar-refractivity contribution in [3.63, 3.8) is 0 Å². The summed E-state index contributed by atoms with van der Waals surface area (Å²) in [4.78, 5) is 4.42. The average molecular weight is 349 g/mol. The van der Waals surface area contributed by atoms with Crippen LogP contribution < -0.4 is 5.32 Å². The van der Waals surface area contributed by atoms with Gasteiger partial charge in [0.05, 0.1) is 10.2 Å². The van der Waals surface area contributed by atoms with Crippen molar-refractivity contribution in [3.8, 4) is 0 Å². The van der Waals surface area contributed by atoms with Crippen LogP contribution in [0.25, 0.3) is 11.0 Å². The van der Waals surface area contributed by atoms with E-state index >= 15 is 0 Å². The van der Waals surface area contributed by atoms with Crippen molar-refractivity contribution in [3.05, 3.63) is 52.0 Å². The fourth-order valence-electron chi connectivity index (χ4n) is 2.26. The Labute approximate surface area is 130 Å². The molecule has 0 unspecified atom stereocenters. The van der Waals surface area contributed by atoms with Crippen molar-refractivity contribution in [2.24, 2.45) is 7.05 Å². The Balaban J connectivity index is 1.81. The summed E-state index contributed by atoms with van der Waals surface area (Å²) in [5.74, 6) is -0.281. The van der Waals surface area contributed by atoms with Crippen LogP contribution in [-0.4, -0.2) is 14.8 Å². The fourth-order valence-corrected chi connectivity index (χ4v) is 2.50. The SMILES string of the molecule is Cc1nn(C)c2ncc(CNc3ccc(Br)c(F)c3)cc12. The lowest BCUT2D eigenvalue weighted by Gasteiger charge is -2.07. The molecular formula is C15H14BrFN4. The second-order valence-corrected chi connectivity index (χ2v) is 5.76. The predicted molar refractivity (Wildman–Crippen MR) is 84.7 cm³/mol. The zero-order chi connectivity index (χ0) is 15.0. The Bertz CT molecular complexity index is 813. The summed E-state index contributed by atoms with van der Waals surface area (Å²) in [5.41, 5.74) is 3.59. The van der Waals surface area contributed by atoms with Gasteiger partial charge >= 0.3 is 0 Å². The van der Waals surface area contributed by atoms with Gasteiger partial charge in [-0.2, -0.15) is 5.10 Å². The van der Waals surface area contributed by atoms with Crippen LogP contribution in [0, 0.1) is 12.7 Å². The maximum atomic E-state index is 13.5. The minimum Gasteiger partial charge on any atom is -0.381 e. The van der Waals surface area contributed by atoms with Gasteiger partial charge in [-0.3, -0.25) is 4.68 Å². The molecule has 1 aromatic carbocycles. The highest BCUT2D eigenvalue weighted by atomic mass is 79.9. The van der Waals surface area contributed by atoms with Crippen LogP contribution in [0.3, 0.4) is 0 Å². The minimum absolute atomic E-state index is 0.281. The Hall–Kier alpha value is -1.95. The molecule has 0 aliphatic carbocycles. The lowest BCUT2D eigenvalue weighted by atomic mass is 10.2. The predicted octanol–water partition coefficient (Wildman–Crippen LogP) is 3.79. The topological polar surface area (TPSA) is 42.7 Å². The molecule has 3 rings (SSSR count). The van der Waals surface area contributed by atoms with Gasteiger partial charge in [-0.15, -0.1) is 0 Å². The van der Waals surface area contributed by atoms with Crippen molar-refractivity contribution in [1.82, 2.24) is 14.8 Å². The number of halogens is 2. The number of anilines is 1. The quantitative estimate of drug-likeness (QED) is 0.782. The summed E-state index contributed by atoms with van der Waals surface area (Å²) < 4.78 is 15.7. The summed E-state index contributed by atoms with van der Waals surface area (Å²) in [6.45, 7) is 2.55. The van der Waals surface area contributed by atoms with Gasteiger partial charge in [0.15, 0.2) is 5.65 Å². The number of rotatable bonds is 3. The first kappa shape index (κ1) is 14.0. The first-order chi connectivity index (χ1) is 10.0. The molecule has 2 heterocycles. The summed E-state index contributed by atoms with van der Waals surface area (Å²) >= 11 is 3.14. The third-order valence-electron chi connectivity index (χ3n) is 3.34. The van der Waals surface area contributed by atoms with Gasteiger partial charge in [0.2, 0.25) is 0 Å². The monoisotopic (exact) mass is 348 g/mol. The molecule has 0 saturated heterocycles. The summed E-state index contributed by atoms with van der Waals surface area (Å²) in [6, 6.07) is 7.04. The maximum absolute atomic E-state index is 13.5. The zero-order valence-electron chi connectivity index (χ0n) is 11.7. The van der Waals surface area contributed by atoms with Crippen molar-refractivity contribution in [2.45, 2.75) is 13.5 Å². The molecule has 0 saturated carbocycles. The number of hydrogen-bond donors (Lipinski definition) is 1. The van der Waals surface area contributed by atoms with Crippen molar-refractivity contribution in [1.29, 1.82) is 0 Å². The van der Waals surface area contributed by atoms with E-state index in [2.05, 4.69) is 37.4 Å². The number of nitrogens with zero attached hydrogens (tertiary/aromatic N) is 3. The summed E-state index contributed by atoms with van der Waals surface area (Å²) in [5, 5.41) is 8.58. The lowest BCUT2D eigenvalue weighted by molar-refractivity contribution is 0.621. The zero-order valence-corrected chi connectivity index (χ0v) is 13.3. The molecule has 4 nitrogen and oxygen atoms in total. The van der Waals surface area contributed by atoms with Crippen LogP contribution in [-0.2, 0) is 13.6 Å². The molecule has 3 aromatic rings. The fraction of sp³-hybridized carbons (Fsp3) is 0.200. The van der Waals surface area contributed by atoms with E-state index in [1.165, 1.54) is 6.07 Å². The van der Waals surface area contributed by atoms with Gasteiger partial charge in [-0.05, 0) is 52.7 Å². The Morgan fingerprint density at radius 1 is 1.33 bits per heavy atom. The highest BCUT2D eigenvalue weighted by Gasteiger charge is 2.07. The van der Waals surface area contributed by atoms with E-state index in [9.17, 15) is 4.39 Å². The largest absolute Gasteiger partial charge is 0.381 e. The molecule has 0 radical (unpaired) electrons. The number of hydrogen-bond acceptors (Lipinski definition) is 3. The number of aryl methyl sites for hydroxylation is 2. The Kier molecular flexibility index (Phi) is 3.63. The second-order valence-electron chi connectivity index (χ2n) is 4.91. The Morgan fingerprint density at radius 2 is 2.14 bits per heavy atom. The third-order valence-corrected chi connectivity index (χ3v) is 3.98. The van der Waals surface area contributed by atoms with E-state index in [0.717, 1.165) is 28.0 Å². The molecule has 0 fully saturated rings. The van der Waals surface area contributed by atoms with Crippen LogP contribution in [0.1, 0.15) is 11.3 Å². The molecule has 0 spiro atoms. The standard InChI is InChI=1S/C15H14BrFN4/c1-9-12-5-10(8-19-15(12)21(2)20-9)7-18-11-3-4-13(16)14(17)6-11/h3-6,8,18H,7H2,1-2H3. The lowest BCUT2D eigenvalue weighted by Crippen LogP contribution is -2.01. The number of nitrogens with one attached hydrogen (secondary N) is 1. The molecular weight excluding hydrogens is 335 g/mol. The van der Waals surface area contributed by atoms with Crippen molar-refractivity contribution in [2.75, 3.05) is 5.32 Å². The molecule has 0 atom stereocenters. The van der Waals surface area contributed by atoms with Gasteiger partial charge in [-0.25, -0.2) is 9.37 Å². The Morgan fingerprint density at radius 3 is 2.90 bits per heavy atom. The van der Waals surface area contributed by atoms with E-state index in [-0.39, 0.29) is 5.82 Å². The van der Waals surface area contributed by atoms with Crippen molar-refractivity contribution >= 4 is 32.7 Å². The number of benzene rings is 1. The molecule has 0 aliphatic rings. The van der Waals surface area contributed by atoms with Gasteiger partial charge in [0.1, 0.15) is 5.82 Å². The van der Waals surface area contributed by atoms with E-state index in [1.807, 2.05) is 26.2 Å². The molecule has 2 aromatic heterocycles. The highest BCUT2D eigenvalue weighted by Crippen LogP contribution is 2.21. The second kappa shape index (κ2) is 5.44. The number of pyridine rings is 1. The number of aromatic nitrogens is 3. The minimum atomic E-state index is -0.281. The van der Waals surface area contributed by atoms with Gasteiger partial charge < -0.3 is 5.32 Å². The normalized spacial score (nSPS) is 11.0. The molecule has 108 valence electrons. The van der Waals surface area contributed by atoms with Crippen LogP contribution in [0.5, 0.6) is 0 Å². The average Bonchev–Trinajstić information content (AvgIpc) is 2.75. The van der Waals surface area contributed by atoms with Crippen LogP contribution in [0.15, 0.2) is 34.9 Å². The summed E-state index contributed by atoms with van der Waals surface area (Å²) in [7, 11) is 1.88. The van der Waals surface area contributed by atoms with Crippen LogP contribution in [0.2, 0.25) is 0 Å². The van der Waals surface area contributed by atoms with Gasteiger partial charge in [0.25, 0.3) is 0 Å². The van der Waals surface area contributed by atoms with Gasteiger partial charge in [0, 0.05) is 30.9 Å². The van der Waals surface area contributed by atoms with Crippen molar-refractivity contribution < 1.29 is 4.39 Å². The molecule has 0 aliphatic heterocycles. The van der Waals surface area contributed by atoms with Crippen LogP contribution in [0.4, 0.5) is 10.1 Å². The molecule has 0 bridgehead atoms. The first-order valence-corrected chi connectivity index (χ1v) is 7.31. The maximum Gasteiger partial charge on any atom is 0.157 e. The van der Waals surface area contributed by atoms with E-state index in [0.29, 0.717) is 11.0 Å².